The number of rotatable bonds is 8. The Kier molecular flexibility index (Phi) is 8.23. The van der Waals surface area contributed by atoms with Crippen molar-refractivity contribution in [2.75, 3.05) is 26.5 Å². The van der Waals surface area contributed by atoms with Crippen LogP contribution in [0.5, 0.6) is 0 Å². The van der Waals surface area contributed by atoms with Crippen molar-refractivity contribution in [1.82, 2.24) is 4.90 Å². The molecule has 0 saturated carbocycles. The Bertz CT molecular complexity index is 464. The number of carbonyl (C=O) groups excluding carboxylic acids is 2. The molecule has 0 N–H and O–H groups in total. The predicted molar refractivity (Wildman–Crippen MR) is 86.5 cm³/mol. The molecule has 1 aromatic rings. The van der Waals surface area contributed by atoms with Crippen LogP contribution in [0.1, 0.15) is 18.4 Å². The molecule has 0 heterocycles. The first-order valence-electron chi connectivity index (χ1n) is 6.66. The van der Waals surface area contributed by atoms with E-state index in [2.05, 4.69) is 4.74 Å². The van der Waals surface area contributed by atoms with Crippen LogP contribution in [0.3, 0.4) is 0 Å². The van der Waals surface area contributed by atoms with E-state index in [9.17, 15) is 9.59 Å². The van der Waals surface area contributed by atoms with Crippen LogP contribution in [-0.2, 0) is 20.1 Å². The molecule has 0 aliphatic carbocycles. The van der Waals surface area contributed by atoms with Gasteiger partial charge in [-0.2, -0.15) is 0 Å². The minimum Gasteiger partial charge on any atom is -0.469 e. The van der Waals surface area contributed by atoms with Gasteiger partial charge in [-0.15, -0.1) is 11.8 Å². The first-order chi connectivity index (χ1) is 10.0. The van der Waals surface area contributed by atoms with Crippen molar-refractivity contribution < 1.29 is 14.3 Å². The molecule has 0 aliphatic rings. The molecule has 21 heavy (non-hydrogen) atoms. The minimum atomic E-state index is -0.243. The van der Waals surface area contributed by atoms with E-state index in [0.29, 0.717) is 30.2 Å². The smallest absolute Gasteiger partial charge is 0.305 e. The zero-order valence-corrected chi connectivity index (χ0v) is 13.9. The van der Waals surface area contributed by atoms with Crippen molar-refractivity contribution >= 4 is 35.2 Å². The highest BCUT2D eigenvalue weighted by atomic mass is 35.5. The Hall–Kier alpha value is -1.20. The molecule has 1 aromatic carbocycles. The van der Waals surface area contributed by atoms with Crippen molar-refractivity contribution in [2.45, 2.75) is 18.6 Å². The van der Waals surface area contributed by atoms with E-state index in [0.717, 1.165) is 11.3 Å². The first-order valence-corrected chi connectivity index (χ1v) is 8.19. The molecule has 0 radical (unpaired) electrons. The molecule has 6 heteroatoms. The van der Waals surface area contributed by atoms with Gasteiger partial charge >= 0.3 is 5.97 Å². The topological polar surface area (TPSA) is 46.6 Å². The summed E-state index contributed by atoms with van der Waals surface area (Å²) in [6.45, 7) is 0.565. The van der Waals surface area contributed by atoms with E-state index >= 15 is 0 Å². The lowest BCUT2D eigenvalue weighted by Gasteiger charge is -2.16. The molecule has 4 nitrogen and oxygen atoms in total. The van der Waals surface area contributed by atoms with Crippen LogP contribution in [-0.4, -0.2) is 43.2 Å². The van der Waals surface area contributed by atoms with Gasteiger partial charge in [0.05, 0.1) is 12.9 Å². The summed E-state index contributed by atoms with van der Waals surface area (Å²) in [5, 5.41) is 0.713. The lowest BCUT2D eigenvalue weighted by atomic mass is 10.2. The molecule has 1 rings (SSSR count). The summed E-state index contributed by atoms with van der Waals surface area (Å²) >= 11 is 7.39. The second-order valence-electron chi connectivity index (χ2n) is 4.61. The van der Waals surface area contributed by atoms with E-state index < -0.39 is 0 Å². The average molecular weight is 330 g/mol. The van der Waals surface area contributed by atoms with Crippen molar-refractivity contribution in [3.05, 3.63) is 34.9 Å². The maximum atomic E-state index is 11.9. The largest absolute Gasteiger partial charge is 0.469 e. The average Bonchev–Trinajstić information content (AvgIpc) is 2.48. The molecule has 0 saturated heterocycles. The molecular weight excluding hydrogens is 310 g/mol. The number of esters is 1. The summed E-state index contributed by atoms with van der Waals surface area (Å²) in [7, 11) is 3.12. The lowest BCUT2D eigenvalue weighted by molar-refractivity contribution is -0.141. The second-order valence-corrected chi connectivity index (χ2v) is 6.04. The number of nitrogens with zero attached hydrogens (tertiary/aromatic N) is 1. The Morgan fingerprint density at radius 1 is 1.29 bits per heavy atom. The highest BCUT2D eigenvalue weighted by molar-refractivity contribution is 7.99. The number of thioether (sulfide) groups is 1. The summed E-state index contributed by atoms with van der Waals surface area (Å²) in [5.74, 6) is 1.03. The summed E-state index contributed by atoms with van der Waals surface area (Å²) in [6, 6.07) is 7.61. The molecule has 0 aliphatic heterocycles. The van der Waals surface area contributed by atoms with Crippen molar-refractivity contribution in [1.29, 1.82) is 0 Å². The Morgan fingerprint density at radius 3 is 2.57 bits per heavy atom. The predicted octanol–water partition coefficient (Wildman–Crippen LogP) is 2.98. The van der Waals surface area contributed by atoms with Crippen LogP contribution < -0.4 is 0 Å². The molecule has 0 bridgehead atoms. The zero-order chi connectivity index (χ0) is 15.7. The van der Waals surface area contributed by atoms with Crippen LogP contribution in [0.2, 0.25) is 5.02 Å². The minimum absolute atomic E-state index is 0.0684. The van der Waals surface area contributed by atoms with Gasteiger partial charge in [-0.1, -0.05) is 23.7 Å². The molecule has 0 fully saturated rings. The Balaban J connectivity index is 2.20. The van der Waals surface area contributed by atoms with Gasteiger partial charge in [0.25, 0.3) is 0 Å². The number of halogens is 1. The lowest BCUT2D eigenvalue weighted by Crippen LogP contribution is -2.29. The zero-order valence-electron chi connectivity index (χ0n) is 12.3. The third-order valence-corrected chi connectivity index (χ3v) is 4.18. The maximum Gasteiger partial charge on any atom is 0.305 e. The van der Waals surface area contributed by atoms with Crippen LogP contribution in [0.4, 0.5) is 0 Å². The van der Waals surface area contributed by atoms with E-state index in [-0.39, 0.29) is 11.9 Å². The Morgan fingerprint density at radius 2 is 1.95 bits per heavy atom. The number of methoxy groups -OCH3 is 1. The van der Waals surface area contributed by atoms with Crippen molar-refractivity contribution in [3.63, 3.8) is 0 Å². The number of hydrogen-bond donors (Lipinski definition) is 0. The maximum absolute atomic E-state index is 11.9. The standard InChI is InChI=1S/C15H20ClNO3S/c1-17(9-3-4-15(19)20-2)14(18)11-21-10-12-5-7-13(16)8-6-12/h5-8H,3-4,9-11H2,1-2H3. The van der Waals surface area contributed by atoms with E-state index in [4.69, 9.17) is 11.6 Å². The van der Waals surface area contributed by atoms with E-state index in [1.165, 1.54) is 7.11 Å². The van der Waals surface area contributed by atoms with Crippen LogP contribution in [0, 0.1) is 0 Å². The van der Waals surface area contributed by atoms with E-state index in [1.54, 1.807) is 23.7 Å². The first kappa shape index (κ1) is 17.9. The molecule has 0 aromatic heterocycles. The normalized spacial score (nSPS) is 10.2. The number of carbonyl (C=O) groups is 2. The summed E-state index contributed by atoms with van der Waals surface area (Å²) in [6.07, 6.45) is 0.961. The van der Waals surface area contributed by atoms with Crippen molar-refractivity contribution in [3.8, 4) is 0 Å². The van der Waals surface area contributed by atoms with E-state index in [1.807, 2.05) is 24.3 Å². The molecule has 0 unspecified atom stereocenters. The summed E-state index contributed by atoms with van der Waals surface area (Å²) in [4.78, 5) is 24.5. The van der Waals surface area contributed by atoms with Gasteiger partial charge in [0, 0.05) is 30.8 Å². The van der Waals surface area contributed by atoms with Gasteiger partial charge in [0.2, 0.25) is 5.91 Å². The molecule has 1 amide bonds. The highest BCUT2D eigenvalue weighted by Gasteiger charge is 2.09. The Labute approximate surface area is 134 Å². The fraction of sp³-hybridized carbons (Fsp3) is 0.467. The van der Waals surface area contributed by atoms with Crippen molar-refractivity contribution in [2.24, 2.45) is 0 Å². The third-order valence-electron chi connectivity index (χ3n) is 2.94. The number of benzene rings is 1. The molecule has 0 atom stereocenters. The van der Waals surface area contributed by atoms with Gasteiger partial charge in [0.1, 0.15) is 0 Å². The van der Waals surface area contributed by atoms with Crippen LogP contribution in [0.15, 0.2) is 24.3 Å². The number of ether oxygens (including phenoxy) is 1. The van der Waals surface area contributed by atoms with Crippen LogP contribution in [0.25, 0.3) is 0 Å². The van der Waals surface area contributed by atoms with Gasteiger partial charge in [-0.25, -0.2) is 0 Å². The third kappa shape index (κ3) is 7.39. The SMILES string of the molecule is COC(=O)CCCN(C)C(=O)CSCc1ccc(Cl)cc1. The second kappa shape index (κ2) is 9.68. The fourth-order valence-electron chi connectivity index (χ4n) is 1.63. The van der Waals surface area contributed by atoms with Gasteiger partial charge in [-0.3, -0.25) is 9.59 Å². The number of amides is 1. The fourth-order valence-corrected chi connectivity index (χ4v) is 2.69. The number of hydrogen-bond acceptors (Lipinski definition) is 4. The molecule has 0 spiro atoms. The summed E-state index contributed by atoms with van der Waals surface area (Å²) in [5.41, 5.74) is 1.14. The highest BCUT2D eigenvalue weighted by Crippen LogP contribution is 2.15. The quantitative estimate of drug-likeness (QED) is 0.688. The van der Waals surface area contributed by atoms with Gasteiger partial charge in [-0.05, 0) is 24.1 Å². The molecular formula is C15H20ClNO3S. The van der Waals surface area contributed by atoms with Crippen LogP contribution >= 0.6 is 23.4 Å². The molecule has 116 valence electrons. The monoisotopic (exact) mass is 329 g/mol. The van der Waals surface area contributed by atoms with Gasteiger partial charge < -0.3 is 9.64 Å². The summed E-state index contributed by atoms with van der Waals surface area (Å²) < 4.78 is 4.56. The van der Waals surface area contributed by atoms with Gasteiger partial charge in [0.15, 0.2) is 0 Å².